The van der Waals surface area contributed by atoms with Gasteiger partial charge in [0.15, 0.2) is 0 Å². The highest BCUT2D eigenvalue weighted by molar-refractivity contribution is 7.89. The summed E-state index contributed by atoms with van der Waals surface area (Å²) in [5.41, 5.74) is 1.11. The normalized spacial score (nSPS) is 18.6. The Hall–Kier alpha value is -0.960. The first kappa shape index (κ1) is 15.4. The molecule has 0 bridgehead atoms. The predicted molar refractivity (Wildman–Crippen MR) is 76.9 cm³/mol. The number of likely N-dealkylation sites (tertiary alicyclic amines) is 1. The molecule has 1 fully saturated rings. The highest BCUT2D eigenvalue weighted by atomic mass is 32.2. The van der Waals surface area contributed by atoms with Gasteiger partial charge in [-0.15, -0.1) is 0 Å². The Morgan fingerprint density at radius 3 is 2.65 bits per heavy atom. The van der Waals surface area contributed by atoms with Crippen molar-refractivity contribution in [3.63, 3.8) is 0 Å². The van der Waals surface area contributed by atoms with E-state index in [0.717, 1.165) is 25.9 Å². The fraction of sp³-hybridized carbons (Fsp3) is 0.750. The number of aryl methyl sites for hydroxylation is 1. The summed E-state index contributed by atoms with van der Waals surface area (Å²) in [6.07, 6.45) is 1.68. The second-order valence-corrected chi connectivity index (χ2v) is 7.00. The number of hydrogen-bond acceptors (Lipinski definition) is 5. The summed E-state index contributed by atoms with van der Waals surface area (Å²) in [4.78, 5) is 2.49. The van der Waals surface area contributed by atoms with E-state index in [1.807, 2.05) is 0 Å². The maximum Gasteiger partial charge on any atom is 0.244 e. The third kappa shape index (κ3) is 3.38. The van der Waals surface area contributed by atoms with Gasteiger partial charge in [-0.1, -0.05) is 0 Å². The Kier molecular flexibility index (Phi) is 4.79. The summed E-state index contributed by atoms with van der Waals surface area (Å²) in [6.45, 7) is 3.99. The van der Waals surface area contributed by atoms with Crippen LogP contribution in [0.4, 0.5) is 0 Å². The van der Waals surface area contributed by atoms with Gasteiger partial charge in [-0.2, -0.15) is 5.10 Å². The molecule has 3 N–H and O–H groups in total. The van der Waals surface area contributed by atoms with Crippen LogP contribution in [0.2, 0.25) is 0 Å². The van der Waals surface area contributed by atoms with Crippen LogP contribution in [-0.4, -0.2) is 56.7 Å². The molecule has 20 heavy (non-hydrogen) atoms. The van der Waals surface area contributed by atoms with E-state index in [1.54, 1.807) is 14.0 Å². The zero-order valence-electron chi connectivity index (χ0n) is 12.2. The third-order valence-corrected chi connectivity index (χ3v) is 5.34. The predicted octanol–water partition coefficient (Wildman–Crippen LogP) is -0.190. The van der Waals surface area contributed by atoms with Gasteiger partial charge in [0.1, 0.15) is 4.90 Å². The standard InChI is InChI=1S/C12H23N5O2S/c1-9-12(11(8-13-2)15-14-9)20(18,19)16-10-4-6-17(3)7-5-10/h10,13,16H,4-8H2,1-3H3,(H,14,15). The van der Waals surface area contributed by atoms with Crippen LogP contribution in [0.15, 0.2) is 4.90 Å². The van der Waals surface area contributed by atoms with Crippen LogP contribution in [0.3, 0.4) is 0 Å². The topological polar surface area (TPSA) is 90.1 Å². The van der Waals surface area contributed by atoms with Crippen LogP contribution < -0.4 is 10.0 Å². The molecule has 1 aromatic heterocycles. The summed E-state index contributed by atoms with van der Waals surface area (Å²) in [6, 6.07) is 0.00735. The van der Waals surface area contributed by atoms with Gasteiger partial charge in [0.2, 0.25) is 10.0 Å². The second-order valence-electron chi connectivity index (χ2n) is 5.35. The molecule has 0 aliphatic carbocycles. The van der Waals surface area contributed by atoms with Crippen LogP contribution in [0.25, 0.3) is 0 Å². The van der Waals surface area contributed by atoms with E-state index in [9.17, 15) is 8.42 Å². The summed E-state index contributed by atoms with van der Waals surface area (Å²) >= 11 is 0. The zero-order chi connectivity index (χ0) is 14.8. The lowest BCUT2D eigenvalue weighted by molar-refractivity contribution is 0.248. The van der Waals surface area contributed by atoms with Gasteiger partial charge in [-0.3, -0.25) is 5.10 Å². The van der Waals surface area contributed by atoms with Crippen molar-refractivity contribution in [2.24, 2.45) is 0 Å². The number of sulfonamides is 1. The van der Waals surface area contributed by atoms with Gasteiger partial charge in [0.05, 0.1) is 11.4 Å². The molecule has 1 aliphatic rings. The lowest BCUT2D eigenvalue weighted by Gasteiger charge is -2.29. The molecule has 2 rings (SSSR count). The molecule has 1 aromatic rings. The smallest absolute Gasteiger partial charge is 0.244 e. The molecular formula is C12H23N5O2S. The van der Waals surface area contributed by atoms with Gasteiger partial charge in [-0.25, -0.2) is 13.1 Å². The number of aromatic amines is 1. The molecule has 0 atom stereocenters. The molecule has 0 spiro atoms. The van der Waals surface area contributed by atoms with E-state index in [-0.39, 0.29) is 10.9 Å². The quantitative estimate of drug-likeness (QED) is 0.701. The number of aromatic nitrogens is 2. The first-order valence-corrected chi connectivity index (χ1v) is 8.31. The van der Waals surface area contributed by atoms with Crippen LogP contribution >= 0.6 is 0 Å². The zero-order valence-corrected chi connectivity index (χ0v) is 13.0. The minimum Gasteiger partial charge on any atom is -0.314 e. The van der Waals surface area contributed by atoms with Crippen LogP contribution in [0, 0.1) is 6.92 Å². The minimum absolute atomic E-state index is 0.00735. The first-order valence-electron chi connectivity index (χ1n) is 6.83. The molecule has 1 saturated heterocycles. The van der Waals surface area contributed by atoms with E-state index in [0.29, 0.717) is 17.9 Å². The molecule has 8 heteroatoms. The summed E-state index contributed by atoms with van der Waals surface area (Å²) in [7, 11) is 0.300. The highest BCUT2D eigenvalue weighted by Gasteiger charge is 2.28. The summed E-state index contributed by atoms with van der Waals surface area (Å²) in [5, 5.41) is 9.75. The van der Waals surface area contributed by atoms with Crippen molar-refractivity contribution < 1.29 is 8.42 Å². The van der Waals surface area contributed by atoms with Crippen molar-refractivity contribution in [2.45, 2.75) is 37.2 Å². The summed E-state index contributed by atoms with van der Waals surface area (Å²) in [5.74, 6) is 0. The van der Waals surface area contributed by atoms with Crippen LogP contribution in [0.5, 0.6) is 0 Å². The van der Waals surface area contributed by atoms with Crippen molar-refractivity contribution >= 4 is 10.0 Å². The van der Waals surface area contributed by atoms with Crippen molar-refractivity contribution in [2.75, 3.05) is 27.2 Å². The Labute approximate surface area is 120 Å². The molecule has 0 unspecified atom stereocenters. The Morgan fingerprint density at radius 1 is 1.40 bits per heavy atom. The van der Waals surface area contributed by atoms with Crippen molar-refractivity contribution in [3.05, 3.63) is 11.4 Å². The Bertz CT molecular complexity index is 546. The Morgan fingerprint density at radius 2 is 2.05 bits per heavy atom. The molecule has 0 amide bonds. The Balaban J connectivity index is 2.16. The molecule has 1 aliphatic heterocycles. The largest absolute Gasteiger partial charge is 0.314 e. The lowest BCUT2D eigenvalue weighted by atomic mass is 10.1. The number of piperidine rings is 1. The molecule has 7 nitrogen and oxygen atoms in total. The monoisotopic (exact) mass is 301 g/mol. The number of nitrogens with zero attached hydrogens (tertiary/aromatic N) is 2. The third-order valence-electron chi connectivity index (χ3n) is 3.61. The minimum atomic E-state index is -3.52. The van der Waals surface area contributed by atoms with Gasteiger partial charge in [-0.05, 0) is 47.0 Å². The van der Waals surface area contributed by atoms with E-state index in [4.69, 9.17) is 0 Å². The maximum absolute atomic E-state index is 12.5. The molecule has 0 saturated carbocycles. The number of nitrogens with one attached hydrogen (secondary N) is 3. The van der Waals surface area contributed by atoms with Crippen molar-refractivity contribution in [3.8, 4) is 0 Å². The van der Waals surface area contributed by atoms with E-state index < -0.39 is 10.0 Å². The van der Waals surface area contributed by atoms with Gasteiger partial charge < -0.3 is 10.2 Å². The average Bonchev–Trinajstić information content (AvgIpc) is 2.74. The molecule has 0 aromatic carbocycles. The fourth-order valence-electron chi connectivity index (χ4n) is 2.52. The second kappa shape index (κ2) is 6.21. The lowest BCUT2D eigenvalue weighted by Crippen LogP contribution is -2.43. The highest BCUT2D eigenvalue weighted by Crippen LogP contribution is 2.19. The van der Waals surface area contributed by atoms with E-state index in [1.165, 1.54) is 0 Å². The van der Waals surface area contributed by atoms with E-state index >= 15 is 0 Å². The van der Waals surface area contributed by atoms with E-state index in [2.05, 4.69) is 32.2 Å². The van der Waals surface area contributed by atoms with Crippen LogP contribution in [0.1, 0.15) is 24.2 Å². The van der Waals surface area contributed by atoms with Crippen molar-refractivity contribution in [1.29, 1.82) is 0 Å². The summed E-state index contributed by atoms with van der Waals surface area (Å²) < 4.78 is 27.9. The fourth-order valence-corrected chi connectivity index (χ4v) is 4.19. The maximum atomic E-state index is 12.5. The molecule has 0 radical (unpaired) electrons. The molecular weight excluding hydrogens is 278 g/mol. The first-order chi connectivity index (χ1) is 9.44. The average molecular weight is 301 g/mol. The SMILES string of the molecule is CNCc1n[nH]c(C)c1S(=O)(=O)NC1CCN(C)CC1. The van der Waals surface area contributed by atoms with Crippen molar-refractivity contribution in [1.82, 2.24) is 25.1 Å². The number of hydrogen-bond donors (Lipinski definition) is 3. The number of rotatable bonds is 5. The molecule has 114 valence electrons. The van der Waals surface area contributed by atoms with Crippen LogP contribution in [-0.2, 0) is 16.6 Å². The van der Waals surface area contributed by atoms with Gasteiger partial charge >= 0.3 is 0 Å². The molecule has 2 heterocycles. The number of H-pyrrole nitrogens is 1. The van der Waals surface area contributed by atoms with Gasteiger partial charge in [0.25, 0.3) is 0 Å². The van der Waals surface area contributed by atoms with Gasteiger partial charge in [0, 0.05) is 12.6 Å².